The van der Waals surface area contributed by atoms with E-state index in [9.17, 15) is 9.59 Å². The van der Waals surface area contributed by atoms with Gasteiger partial charge in [-0.15, -0.1) is 0 Å². The number of carboxylic acid groups (broad SMARTS) is 1. The van der Waals surface area contributed by atoms with E-state index < -0.39 is 12.6 Å². The lowest BCUT2D eigenvalue weighted by atomic mass is 10.1. The first-order valence-corrected chi connectivity index (χ1v) is 6.63. The summed E-state index contributed by atoms with van der Waals surface area (Å²) in [6, 6.07) is 6.59. The van der Waals surface area contributed by atoms with E-state index in [4.69, 9.17) is 14.3 Å². The largest absolute Gasteiger partial charge is 0.482 e. The molecule has 1 aromatic heterocycles. The van der Waals surface area contributed by atoms with Crippen LogP contribution in [-0.2, 0) is 4.79 Å². The monoisotopic (exact) mass is 304 g/mol. The van der Waals surface area contributed by atoms with Gasteiger partial charge in [0.05, 0.1) is 6.04 Å². The molecule has 0 bridgehead atoms. The Hall–Kier alpha value is -2.83. The molecule has 0 saturated carbocycles. The maximum Gasteiger partial charge on any atom is 0.341 e. The summed E-state index contributed by atoms with van der Waals surface area (Å²) in [5.41, 5.74) is 1.12. The highest BCUT2D eigenvalue weighted by Crippen LogP contribution is 2.18. The number of nitrogens with zero attached hydrogens (tertiary/aromatic N) is 1. The first kappa shape index (κ1) is 15.6. The fourth-order valence-electron chi connectivity index (χ4n) is 1.87. The number of aromatic nitrogens is 1. The van der Waals surface area contributed by atoms with Crippen molar-refractivity contribution in [2.75, 3.05) is 6.61 Å². The van der Waals surface area contributed by atoms with Crippen molar-refractivity contribution in [2.24, 2.45) is 0 Å². The van der Waals surface area contributed by atoms with Gasteiger partial charge < -0.3 is 19.6 Å². The molecule has 0 aliphatic heterocycles. The molecule has 0 radical (unpaired) electrons. The van der Waals surface area contributed by atoms with Crippen molar-refractivity contribution in [3.05, 3.63) is 47.7 Å². The summed E-state index contributed by atoms with van der Waals surface area (Å²) in [6.07, 6.45) is 1.23. The van der Waals surface area contributed by atoms with E-state index in [1.807, 2.05) is 6.92 Å². The second-order valence-electron chi connectivity index (χ2n) is 4.70. The molecule has 116 valence electrons. The van der Waals surface area contributed by atoms with E-state index in [1.54, 1.807) is 31.2 Å². The van der Waals surface area contributed by atoms with Gasteiger partial charge in [0, 0.05) is 0 Å². The average Bonchev–Trinajstić information content (AvgIpc) is 2.91. The molecular weight excluding hydrogens is 288 g/mol. The Balaban J connectivity index is 1.98. The minimum absolute atomic E-state index is 0.239. The van der Waals surface area contributed by atoms with E-state index in [1.165, 1.54) is 6.39 Å². The molecule has 0 spiro atoms. The second kappa shape index (κ2) is 6.75. The van der Waals surface area contributed by atoms with Gasteiger partial charge in [0.25, 0.3) is 5.91 Å². The van der Waals surface area contributed by atoms with Crippen LogP contribution in [0.1, 0.15) is 34.8 Å². The predicted molar refractivity (Wildman–Crippen MR) is 76.7 cm³/mol. The summed E-state index contributed by atoms with van der Waals surface area (Å²) >= 11 is 0. The molecule has 0 fully saturated rings. The molecule has 2 rings (SSSR count). The smallest absolute Gasteiger partial charge is 0.341 e. The summed E-state index contributed by atoms with van der Waals surface area (Å²) in [4.78, 5) is 26.3. The molecule has 2 N–H and O–H groups in total. The molecular formula is C15H16N2O5. The first-order chi connectivity index (χ1) is 10.5. The topological polar surface area (TPSA) is 102 Å². The van der Waals surface area contributed by atoms with Gasteiger partial charge in [-0.3, -0.25) is 4.79 Å². The highest BCUT2D eigenvalue weighted by Gasteiger charge is 2.16. The van der Waals surface area contributed by atoms with Crippen molar-refractivity contribution in [3.8, 4) is 5.75 Å². The Kier molecular flexibility index (Phi) is 4.77. The van der Waals surface area contributed by atoms with Crippen molar-refractivity contribution in [3.63, 3.8) is 0 Å². The van der Waals surface area contributed by atoms with Gasteiger partial charge in [-0.25, -0.2) is 9.78 Å². The van der Waals surface area contributed by atoms with E-state index in [-0.39, 0.29) is 17.6 Å². The van der Waals surface area contributed by atoms with E-state index in [2.05, 4.69) is 10.3 Å². The van der Waals surface area contributed by atoms with Crippen LogP contribution < -0.4 is 10.1 Å². The number of aliphatic carboxylic acids is 1. The molecule has 2 aromatic rings. The minimum atomic E-state index is -1.03. The van der Waals surface area contributed by atoms with Crippen LogP contribution in [0.15, 0.2) is 35.1 Å². The lowest BCUT2D eigenvalue weighted by Crippen LogP contribution is -2.27. The van der Waals surface area contributed by atoms with Crippen LogP contribution in [0.4, 0.5) is 0 Å². The predicted octanol–water partition coefficient (Wildman–Crippen LogP) is 1.94. The molecule has 0 aliphatic rings. The van der Waals surface area contributed by atoms with Gasteiger partial charge in [-0.2, -0.15) is 0 Å². The maximum atomic E-state index is 12.0. The van der Waals surface area contributed by atoms with Crippen LogP contribution in [0.5, 0.6) is 5.75 Å². The summed E-state index contributed by atoms with van der Waals surface area (Å²) < 4.78 is 10.0. The Bertz CT molecular complexity index is 663. The van der Waals surface area contributed by atoms with Crippen LogP contribution in [0.25, 0.3) is 0 Å². The number of benzene rings is 1. The van der Waals surface area contributed by atoms with E-state index in [0.717, 1.165) is 5.56 Å². The molecule has 1 aromatic carbocycles. The fourth-order valence-corrected chi connectivity index (χ4v) is 1.87. The van der Waals surface area contributed by atoms with Crippen LogP contribution in [-0.4, -0.2) is 28.6 Å². The highest BCUT2D eigenvalue weighted by atomic mass is 16.5. The third-order valence-corrected chi connectivity index (χ3v) is 3.05. The van der Waals surface area contributed by atoms with Crippen molar-refractivity contribution in [1.82, 2.24) is 10.3 Å². The van der Waals surface area contributed by atoms with E-state index >= 15 is 0 Å². The summed E-state index contributed by atoms with van der Waals surface area (Å²) in [6.45, 7) is 3.11. The van der Waals surface area contributed by atoms with Crippen LogP contribution in [0.3, 0.4) is 0 Å². The van der Waals surface area contributed by atoms with Crippen molar-refractivity contribution < 1.29 is 23.8 Å². The number of oxazole rings is 1. The van der Waals surface area contributed by atoms with Gasteiger partial charge in [0.1, 0.15) is 11.5 Å². The number of amides is 1. The van der Waals surface area contributed by atoms with Gasteiger partial charge >= 0.3 is 5.97 Å². The lowest BCUT2D eigenvalue weighted by molar-refractivity contribution is -0.139. The van der Waals surface area contributed by atoms with E-state index in [0.29, 0.717) is 11.5 Å². The number of ether oxygens (including phenoxy) is 1. The normalized spacial score (nSPS) is 11.7. The maximum absolute atomic E-state index is 12.0. The van der Waals surface area contributed by atoms with Gasteiger partial charge in [-0.1, -0.05) is 12.1 Å². The molecule has 1 amide bonds. The number of hydrogen-bond acceptors (Lipinski definition) is 5. The molecule has 22 heavy (non-hydrogen) atoms. The second-order valence-corrected chi connectivity index (χ2v) is 4.70. The van der Waals surface area contributed by atoms with Crippen molar-refractivity contribution in [1.29, 1.82) is 0 Å². The van der Waals surface area contributed by atoms with Crippen LogP contribution in [0.2, 0.25) is 0 Å². The van der Waals surface area contributed by atoms with Crippen molar-refractivity contribution >= 4 is 11.9 Å². The summed E-state index contributed by atoms with van der Waals surface area (Å²) in [7, 11) is 0. The molecule has 7 heteroatoms. The lowest BCUT2D eigenvalue weighted by Gasteiger charge is -2.14. The molecule has 1 heterocycles. The highest BCUT2D eigenvalue weighted by molar-refractivity contribution is 5.93. The zero-order chi connectivity index (χ0) is 16.1. The Morgan fingerprint density at radius 2 is 2.05 bits per heavy atom. The molecule has 0 saturated heterocycles. The number of aryl methyl sites for hydroxylation is 1. The quantitative estimate of drug-likeness (QED) is 0.845. The minimum Gasteiger partial charge on any atom is -0.482 e. The summed E-state index contributed by atoms with van der Waals surface area (Å²) in [5, 5.41) is 11.4. The Morgan fingerprint density at radius 1 is 1.36 bits per heavy atom. The molecule has 1 atom stereocenters. The average molecular weight is 304 g/mol. The van der Waals surface area contributed by atoms with Gasteiger partial charge in [0.15, 0.2) is 18.7 Å². The number of carbonyl (C=O) groups is 2. The van der Waals surface area contributed by atoms with Crippen LogP contribution >= 0.6 is 0 Å². The number of carboxylic acids is 1. The third-order valence-electron chi connectivity index (χ3n) is 3.05. The SMILES string of the molecule is Cc1ocnc1C(=O)N[C@H](C)c1ccc(OCC(=O)O)cc1. The summed E-state index contributed by atoms with van der Waals surface area (Å²) in [5.74, 6) is -0.434. The molecule has 0 unspecified atom stereocenters. The fraction of sp³-hybridized carbons (Fsp3) is 0.267. The Morgan fingerprint density at radius 3 is 2.59 bits per heavy atom. The zero-order valence-electron chi connectivity index (χ0n) is 12.2. The number of rotatable bonds is 6. The number of hydrogen-bond donors (Lipinski definition) is 2. The number of nitrogens with one attached hydrogen (secondary N) is 1. The molecule has 7 nitrogen and oxygen atoms in total. The van der Waals surface area contributed by atoms with Crippen molar-refractivity contribution in [2.45, 2.75) is 19.9 Å². The third kappa shape index (κ3) is 3.85. The van der Waals surface area contributed by atoms with Crippen LogP contribution in [0, 0.1) is 6.92 Å². The van der Waals surface area contributed by atoms with Gasteiger partial charge in [0.2, 0.25) is 0 Å². The molecule has 0 aliphatic carbocycles. The first-order valence-electron chi connectivity index (χ1n) is 6.63. The van der Waals surface area contributed by atoms with Gasteiger partial charge in [-0.05, 0) is 31.5 Å². The standard InChI is InChI=1S/C15H16N2O5/c1-9(17-15(20)14-10(2)22-8-16-14)11-3-5-12(6-4-11)21-7-13(18)19/h3-6,8-9H,7H2,1-2H3,(H,17,20)(H,18,19)/t9-/m1/s1. The number of carbonyl (C=O) groups excluding carboxylic acids is 1. The Labute approximate surface area is 126 Å². The zero-order valence-corrected chi connectivity index (χ0v) is 12.2.